The quantitative estimate of drug-likeness (QED) is 0.831. The first kappa shape index (κ1) is 18.4. The molecule has 2 aliphatic heterocycles. The van der Waals surface area contributed by atoms with Gasteiger partial charge in [0.2, 0.25) is 11.8 Å². The van der Waals surface area contributed by atoms with E-state index in [1.54, 1.807) is 34.1 Å². The number of anilines is 1. The van der Waals surface area contributed by atoms with Crippen molar-refractivity contribution in [3.63, 3.8) is 0 Å². The van der Waals surface area contributed by atoms with Gasteiger partial charge in [0.15, 0.2) is 0 Å². The summed E-state index contributed by atoms with van der Waals surface area (Å²) in [6.07, 6.45) is 1.47. The number of carbonyl (C=O) groups is 3. The maximum Gasteiger partial charge on any atom is 0.256 e. The maximum atomic E-state index is 13.2. The third-order valence-electron chi connectivity index (χ3n) is 5.18. The molecule has 3 amide bonds. The molecule has 2 heterocycles. The highest BCUT2D eigenvalue weighted by molar-refractivity contribution is 6.12. The van der Waals surface area contributed by atoms with Crippen LogP contribution in [-0.2, 0) is 9.59 Å². The molecule has 2 aliphatic rings. The molecule has 6 nitrogen and oxygen atoms in total. The van der Waals surface area contributed by atoms with Gasteiger partial charge in [-0.15, -0.1) is 0 Å². The maximum absolute atomic E-state index is 13.2. The summed E-state index contributed by atoms with van der Waals surface area (Å²) in [5, 5.41) is 0. The van der Waals surface area contributed by atoms with Crippen molar-refractivity contribution in [1.29, 1.82) is 0 Å². The Hall–Kier alpha value is -2.37. The first-order chi connectivity index (χ1) is 12.3. The molecule has 1 saturated heterocycles. The lowest BCUT2D eigenvalue weighted by molar-refractivity contribution is -0.135. The molecule has 0 spiro atoms. The van der Waals surface area contributed by atoms with Crippen molar-refractivity contribution < 1.29 is 14.4 Å². The van der Waals surface area contributed by atoms with Crippen LogP contribution in [0.1, 0.15) is 50.9 Å². The molecule has 0 aliphatic carbocycles. The Balaban J connectivity index is 1.99. The fraction of sp³-hybridized carbons (Fsp3) is 0.550. The van der Waals surface area contributed by atoms with Crippen molar-refractivity contribution >= 4 is 23.4 Å². The summed E-state index contributed by atoms with van der Waals surface area (Å²) in [6.45, 7) is 8.44. The molecule has 1 atom stereocenters. The first-order valence-electron chi connectivity index (χ1n) is 9.35. The van der Waals surface area contributed by atoms with Gasteiger partial charge in [-0.25, -0.2) is 0 Å². The van der Waals surface area contributed by atoms with Crippen molar-refractivity contribution in [3.05, 3.63) is 29.8 Å². The lowest BCUT2D eigenvalue weighted by Crippen LogP contribution is -2.51. The standard InChI is InChI=1S/C20H27N3O3/c1-13(2)23(14(3)4)18(24)12-22-16-9-6-5-8-15(16)19(25)21-11-7-10-17(21)20(22)26/h5-6,8-9,13-14,17H,7,10-12H2,1-4H3. The van der Waals surface area contributed by atoms with Gasteiger partial charge in [0.1, 0.15) is 12.6 Å². The molecule has 26 heavy (non-hydrogen) atoms. The zero-order valence-corrected chi connectivity index (χ0v) is 15.9. The second-order valence-electron chi connectivity index (χ2n) is 7.59. The van der Waals surface area contributed by atoms with E-state index in [0.717, 1.165) is 6.42 Å². The molecule has 6 heteroatoms. The van der Waals surface area contributed by atoms with Crippen LogP contribution in [0.3, 0.4) is 0 Å². The summed E-state index contributed by atoms with van der Waals surface area (Å²) in [7, 11) is 0. The Morgan fingerprint density at radius 2 is 1.81 bits per heavy atom. The molecule has 1 aromatic rings. The Labute approximate surface area is 154 Å². The zero-order chi connectivity index (χ0) is 19.0. The molecular weight excluding hydrogens is 330 g/mol. The smallest absolute Gasteiger partial charge is 0.256 e. The Morgan fingerprint density at radius 1 is 1.15 bits per heavy atom. The van der Waals surface area contributed by atoms with Crippen molar-refractivity contribution in [2.24, 2.45) is 0 Å². The third-order valence-corrected chi connectivity index (χ3v) is 5.18. The van der Waals surface area contributed by atoms with Crippen LogP contribution in [0.2, 0.25) is 0 Å². The number of hydrogen-bond donors (Lipinski definition) is 0. The fourth-order valence-electron chi connectivity index (χ4n) is 4.16. The minimum Gasteiger partial charge on any atom is -0.336 e. The summed E-state index contributed by atoms with van der Waals surface area (Å²) in [6, 6.07) is 6.73. The molecule has 0 N–H and O–H groups in total. The molecular formula is C20H27N3O3. The van der Waals surface area contributed by atoms with Crippen molar-refractivity contribution in [2.45, 2.75) is 58.7 Å². The minimum absolute atomic E-state index is 0.0379. The number of benzene rings is 1. The monoisotopic (exact) mass is 357 g/mol. The van der Waals surface area contributed by atoms with Crippen LogP contribution in [0.4, 0.5) is 5.69 Å². The highest BCUT2D eigenvalue weighted by Crippen LogP contribution is 2.32. The van der Waals surface area contributed by atoms with E-state index in [4.69, 9.17) is 0 Å². The number of fused-ring (bicyclic) bond motifs is 2. The van der Waals surface area contributed by atoms with Crippen molar-refractivity contribution in [1.82, 2.24) is 9.80 Å². The predicted octanol–water partition coefficient (Wildman–Crippen LogP) is 2.28. The molecule has 0 saturated carbocycles. The second-order valence-corrected chi connectivity index (χ2v) is 7.59. The van der Waals surface area contributed by atoms with Gasteiger partial charge in [-0.1, -0.05) is 12.1 Å². The summed E-state index contributed by atoms with van der Waals surface area (Å²) in [5.74, 6) is -0.366. The van der Waals surface area contributed by atoms with E-state index in [0.29, 0.717) is 24.2 Å². The Kier molecular flexibility index (Phi) is 5.03. The van der Waals surface area contributed by atoms with Crippen LogP contribution >= 0.6 is 0 Å². The second kappa shape index (κ2) is 7.09. The van der Waals surface area contributed by atoms with Gasteiger partial charge in [-0.2, -0.15) is 0 Å². The SMILES string of the molecule is CC(C)N(C(=O)CN1C(=O)C2CCCN2C(=O)c2ccccc21)C(C)C. The molecule has 1 fully saturated rings. The summed E-state index contributed by atoms with van der Waals surface area (Å²) in [5.41, 5.74) is 1.04. The molecule has 0 bridgehead atoms. The number of hydrogen-bond acceptors (Lipinski definition) is 3. The molecule has 0 radical (unpaired) electrons. The average Bonchev–Trinajstić information content (AvgIpc) is 3.05. The van der Waals surface area contributed by atoms with E-state index in [-0.39, 0.29) is 36.3 Å². The van der Waals surface area contributed by atoms with E-state index >= 15 is 0 Å². The Bertz CT molecular complexity index is 721. The molecule has 140 valence electrons. The summed E-state index contributed by atoms with van der Waals surface area (Å²) in [4.78, 5) is 44.0. The minimum atomic E-state index is -0.464. The highest BCUT2D eigenvalue weighted by atomic mass is 16.2. The average molecular weight is 357 g/mol. The van der Waals surface area contributed by atoms with Crippen LogP contribution in [-0.4, -0.2) is 58.7 Å². The number of rotatable bonds is 4. The molecule has 1 unspecified atom stereocenters. The van der Waals surface area contributed by atoms with Gasteiger partial charge >= 0.3 is 0 Å². The van der Waals surface area contributed by atoms with Gasteiger partial charge in [-0.05, 0) is 52.7 Å². The van der Waals surface area contributed by atoms with Gasteiger partial charge in [0, 0.05) is 18.6 Å². The molecule has 3 rings (SSSR count). The van der Waals surface area contributed by atoms with E-state index in [2.05, 4.69) is 0 Å². The summed E-state index contributed by atoms with van der Waals surface area (Å²) < 4.78 is 0. The molecule has 0 aromatic heterocycles. The van der Waals surface area contributed by atoms with E-state index in [9.17, 15) is 14.4 Å². The predicted molar refractivity (Wildman–Crippen MR) is 100.0 cm³/mol. The zero-order valence-electron chi connectivity index (χ0n) is 15.9. The van der Waals surface area contributed by atoms with E-state index in [1.807, 2.05) is 27.7 Å². The summed E-state index contributed by atoms with van der Waals surface area (Å²) >= 11 is 0. The van der Waals surface area contributed by atoms with Crippen molar-refractivity contribution in [3.8, 4) is 0 Å². The van der Waals surface area contributed by atoms with Crippen LogP contribution < -0.4 is 4.90 Å². The normalized spacial score (nSPS) is 19.7. The van der Waals surface area contributed by atoms with Gasteiger partial charge < -0.3 is 14.7 Å². The number of carbonyl (C=O) groups excluding carboxylic acids is 3. The van der Waals surface area contributed by atoms with Crippen LogP contribution in [0.25, 0.3) is 0 Å². The fourth-order valence-corrected chi connectivity index (χ4v) is 4.16. The van der Waals surface area contributed by atoms with Gasteiger partial charge in [0.25, 0.3) is 5.91 Å². The van der Waals surface area contributed by atoms with Crippen LogP contribution in [0.15, 0.2) is 24.3 Å². The number of nitrogens with zero attached hydrogens (tertiary/aromatic N) is 3. The van der Waals surface area contributed by atoms with Gasteiger partial charge in [-0.3, -0.25) is 14.4 Å². The first-order valence-corrected chi connectivity index (χ1v) is 9.35. The lowest BCUT2D eigenvalue weighted by Gasteiger charge is -2.33. The number of para-hydroxylation sites is 1. The number of amides is 3. The molecule has 1 aromatic carbocycles. The largest absolute Gasteiger partial charge is 0.336 e. The van der Waals surface area contributed by atoms with E-state index in [1.165, 1.54) is 4.90 Å². The Morgan fingerprint density at radius 3 is 2.46 bits per heavy atom. The van der Waals surface area contributed by atoms with Crippen LogP contribution in [0, 0.1) is 0 Å². The lowest BCUT2D eigenvalue weighted by atomic mass is 10.1. The van der Waals surface area contributed by atoms with Crippen molar-refractivity contribution in [2.75, 3.05) is 18.0 Å². The van der Waals surface area contributed by atoms with Gasteiger partial charge in [0.05, 0.1) is 11.3 Å². The highest BCUT2D eigenvalue weighted by Gasteiger charge is 2.42. The van der Waals surface area contributed by atoms with Crippen LogP contribution in [0.5, 0.6) is 0 Å². The third kappa shape index (κ3) is 3.08. The van der Waals surface area contributed by atoms with E-state index < -0.39 is 6.04 Å². The topological polar surface area (TPSA) is 60.9 Å².